The van der Waals surface area contributed by atoms with E-state index in [1.165, 1.54) is 7.11 Å². The smallest absolute Gasteiger partial charge is 0.409 e. The predicted molar refractivity (Wildman–Crippen MR) is 76.5 cm³/mol. The number of benzene rings is 2. The molecule has 1 N–H and O–H groups in total. The summed E-state index contributed by atoms with van der Waals surface area (Å²) in [7, 11) is -2.06. The first-order valence-corrected chi connectivity index (χ1v) is 7.41. The second kappa shape index (κ2) is 5.91. The zero-order valence-electron chi connectivity index (χ0n) is 10.9. The molecule has 0 radical (unpaired) electrons. The van der Waals surface area contributed by atoms with Crippen molar-refractivity contribution in [2.24, 2.45) is 0 Å². The van der Waals surface area contributed by atoms with Gasteiger partial charge in [0.2, 0.25) is 0 Å². The normalized spacial score (nSPS) is 13.6. The van der Waals surface area contributed by atoms with Crippen molar-refractivity contribution < 1.29 is 13.6 Å². The summed E-state index contributed by atoms with van der Waals surface area (Å²) < 4.78 is 23.0. The minimum Gasteiger partial charge on any atom is -0.409 e. The monoisotopic (exact) mass is 277 g/mol. The third kappa shape index (κ3) is 3.60. The highest BCUT2D eigenvalue weighted by molar-refractivity contribution is 7.55. The highest BCUT2D eigenvalue weighted by atomic mass is 31.2. The molecule has 0 aliphatic heterocycles. The Bertz CT molecular complexity index is 586. The second-order valence-electron chi connectivity index (χ2n) is 4.01. The first kappa shape index (κ1) is 13.7. The number of rotatable bonds is 5. The molecule has 2 aromatic rings. The van der Waals surface area contributed by atoms with Gasteiger partial charge in [0.15, 0.2) is 0 Å². The van der Waals surface area contributed by atoms with E-state index >= 15 is 0 Å². The maximum absolute atomic E-state index is 12.5. The summed E-state index contributed by atoms with van der Waals surface area (Å²) in [5.74, 6) is 0.538. The minimum atomic E-state index is -3.42. The molecule has 4 nitrogen and oxygen atoms in total. The SMILES string of the molecule is COP(=O)(Nc1ccccc1)Oc1ccccc1C. The predicted octanol–water partition coefficient (Wildman–Crippen LogP) is 4.24. The molecule has 0 fully saturated rings. The Labute approximate surface area is 113 Å². The molecule has 1 unspecified atom stereocenters. The molecule has 0 aromatic heterocycles. The lowest BCUT2D eigenvalue weighted by Crippen LogP contribution is -2.06. The molecule has 0 saturated carbocycles. The summed E-state index contributed by atoms with van der Waals surface area (Å²) >= 11 is 0. The maximum atomic E-state index is 12.5. The van der Waals surface area contributed by atoms with Crippen LogP contribution in [0.4, 0.5) is 5.69 Å². The van der Waals surface area contributed by atoms with Crippen LogP contribution in [0.15, 0.2) is 54.6 Å². The molecule has 100 valence electrons. The van der Waals surface area contributed by atoms with E-state index in [9.17, 15) is 4.57 Å². The third-order valence-corrected chi connectivity index (χ3v) is 4.04. The van der Waals surface area contributed by atoms with Crippen LogP contribution in [0.5, 0.6) is 5.75 Å². The Balaban J connectivity index is 2.19. The van der Waals surface area contributed by atoms with Gasteiger partial charge in [-0.25, -0.2) is 4.57 Å². The van der Waals surface area contributed by atoms with E-state index in [0.717, 1.165) is 5.56 Å². The molecule has 2 aromatic carbocycles. The summed E-state index contributed by atoms with van der Waals surface area (Å²) in [6.07, 6.45) is 0. The summed E-state index contributed by atoms with van der Waals surface area (Å²) in [6, 6.07) is 16.5. The fourth-order valence-corrected chi connectivity index (χ4v) is 2.71. The van der Waals surface area contributed by atoms with Gasteiger partial charge in [0, 0.05) is 12.8 Å². The lowest BCUT2D eigenvalue weighted by Gasteiger charge is -2.19. The van der Waals surface area contributed by atoms with Crippen LogP contribution in [0.3, 0.4) is 0 Å². The fourth-order valence-electron chi connectivity index (χ4n) is 1.56. The number of hydrogen-bond acceptors (Lipinski definition) is 3. The van der Waals surface area contributed by atoms with Gasteiger partial charge in [-0.1, -0.05) is 36.4 Å². The molecule has 1 atom stereocenters. The molecule has 2 rings (SSSR count). The maximum Gasteiger partial charge on any atom is 0.486 e. The van der Waals surface area contributed by atoms with E-state index in [4.69, 9.17) is 9.05 Å². The van der Waals surface area contributed by atoms with Gasteiger partial charge in [-0.05, 0) is 30.7 Å². The van der Waals surface area contributed by atoms with Crippen molar-refractivity contribution in [3.63, 3.8) is 0 Å². The average Bonchev–Trinajstić information content (AvgIpc) is 2.42. The molecular weight excluding hydrogens is 261 g/mol. The summed E-state index contributed by atoms with van der Waals surface area (Å²) in [5.41, 5.74) is 1.58. The lowest BCUT2D eigenvalue weighted by molar-refractivity contribution is 0.327. The summed E-state index contributed by atoms with van der Waals surface area (Å²) in [6.45, 7) is 1.89. The molecule has 0 aliphatic carbocycles. The van der Waals surface area contributed by atoms with Crippen molar-refractivity contribution >= 4 is 13.4 Å². The van der Waals surface area contributed by atoms with Crippen molar-refractivity contribution in [3.8, 4) is 5.75 Å². The van der Waals surface area contributed by atoms with Crippen LogP contribution in [0.2, 0.25) is 0 Å². The van der Waals surface area contributed by atoms with Crippen LogP contribution in [0, 0.1) is 6.92 Å². The summed E-state index contributed by atoms with van der Waals surface area (Å²) in [4.78, 5) is 0. The topological polar surface area (TPSA) is 47.6 Å². The zero-order chi connectivity index (χ0) is 13.7. The number of aryl methyl sites for hydroxylation is 1. The quantitative estimate of drug-likeness (QED) is 0.830. The van der Waals surface area contributed by atoms with Crippen LogP contribution < -0.4 is 9.61 Å². The number of anilines is 1. The van der Waals surface area contributed by atoms with E-state index in [2.05, 4.69) is 5.09 Å². The van der Waals surface area contributed by atoms with E-state index < -0.39 is 7.75 Å². The molecule has 0 amide bonds. The van der Waals surface area contributed by atoms with E-state index in [1.54, 1.807) is 18.2 Å². The molecule has 0 aliphatic rings. The van der Waals surface area contributed by atoms with Gasteiger partial charge < -0.3 is 4.52 Å². The Morgan fingerprint density at radius 2 is 1.63 bits per heavy atom. The largest absolute Gasteiger partial charge is 0.486 e. The Kier molecular flexibility index (Phi) is 4.25. The van der Waals surface area contributed by atoms with Crippen LogP contribution in [0.25, 0.3) is 0 Å². The molecule has 0 bridgehead atoms. The van der Waals surface area contributed by atoms with E-state index in [0.29, 0.717) is 11.4 Å². The van der Waals surface area contributed by atoms with Crippen LogP contribution in [-0.4, -0.2) is 7.11 Å². The molecule has 19 heavy (non-hydrogen) atoms. The standard InChI is InChI=1S/C14H16NO3P/c1-12-8-6-7-11-14(12)18-19(16,17-2)15-13-9-4-3-5-10-13/h3-11H,1-2H3,(H,15,16). The average molecular weight is 277 g/mol. The van der Waals surface area contributed by atoms with E-state index in [-0.39, 0.29) is 0 Å². The summed E-state index contributed by atoms with van der Waals surface area (Å²) in [5, 5.41) is 2.79. The highest BCUT2D eigenvalue weighted by Gasteiger charge is 2.25. The number of hydrogen-bond donors (Lipinski definition) is 1. The van der Waals surface area contributed by atoms with Gasteiger partial charge >= 0.3 is 7.75 Å². The van der Waals surface area contributed by atoms with Crippen LogP contribution in [-0.2, 0) is 9.09 Å². The second-order valence-corrected chi connectivity index (χ2v) is 5.78. The van der Waals surface area contributed by atoms with Crippen LogP contribution >= 0.6 is 7.75 Å². The zero-order valence-corrected chi connectivity index (χ0v) is 11.8. The minimum absolute atomic E-state index is 0.538. The van der Waals surface area contributed by atoms with Crippen molar-refractivity contribution in [1.82, 2.24) is 0 Å². The van der Waals surface area contributed by atoms with Gasteiger partial charge in [-0.15, -0.1) is 0 Å². The van der Waals surface area contributed by atoms with Gasteiger partial charge in [0.25, 0.3) is 0 Å². The first-order chi connectivity index (χ1) is 9.13. The molecule has 0 saturated heterocycles. The Morgan fingerprint density at radius 1 is 1.00 bits per heavy atom. The molecular formula is C14H16NO3P. The highest BCUT2D eigenvalue weighted by Crippen LogP contribution is 2.47. The van der Waals surface area contributed by atoms with Gasteiger partial charge in [0.1, 0.15) is 5.75 Å². The fraction of sp³-hybridized carbons (Fsp3) is 0.143. The number of nitrogens with one attached hydrogen (secondary N) is 1. The Hall–Kier alpha value is -1.77. The Morgan fingerprint density at radius 3 is 2.26 bits per heavy atom. The van der Waals surface area contributed by atoms with Gasteiger partial charge in [0.05, 0.1) is 0 Å². The van der Waals surface area contributed by atoms with E-state index in [1.807, 2.05) is 43.3 Å². The van der Waals surface area contributed by atoms with Crippen molar-refractivity contribution in [2.45, 2.75) is 6.92 Å². The third-order valence-electron chi connectivity index (χ3n) is 2.59. The number of para-hydroxylation sites is 2. The van der Waals surface area contributed by atoms with Crippen LogP contribution in [0.1, 0.15) is 5.56 Å². The van der Waals surface area contributed by atoms with Crippen molar-refractivity contribution in [1.29, 1.82) is 0 Å². The van der Waals surface area contributed by atoms with Gasteiger partial charge in [-0.3, -0.25) is 9.61 Å². The lowest BCUT2D eigenvalue weighted by atomic mass is 10.2. The first-order valence-electron chi connectivity index (χ1n) is 5.87. The molecule has 0 heterocycles. The van der Waals surface area contributed by atoms with Gasteiger partial charge in [-0.2, -0.15) is 0 Å². The molecule has 0 spiro atoms. The van der Waals surface area contributed by atoms with Crippen molar-refractivity contribution in [2.75, 3.05) is 12.2 Å². The molecule has 5 heteroatoms. The van der Waals surface area contributed by atoms with Crippen molar-refractivity contribution in [3.05, 3.63) is 60.2 Å².